The molecule has 2 aromatic carbocycles. The average molecular weight is 273 g/mol. The number of aromatic nitrogens is 1. The standard InChI is InChI=1S/C14H12FN3O2/c1-7-2-3-10(8(15)4-7)17-11-6-12-13(5-9(11)16)20-14(19)18-12/h2-6,17H,16H2,1H3,(H,18,19). The molecule has 1 aromatic heterocycles. The van der Waals surface area contributed by atoms with Crippen molar-refractivity contribution in [3.8, 4) is 0 Å². The number of aryl methyl sites for hydroxylation is 1. The Labute approximate surface area is 113 Å². The molecular weight excluding hydrogens is 261 g/mol. The van der Waals surface area contributed by atoms with Crippen molar-refractivity contribution in [2.75, 3.05) is 11.1 Å². The lowest BCUT2D eigenvalue weighted by molar-refractivity contribution is 0.555. The van der Waals surface area contributed by atoms with E-state index in [1.165, 1.54) is 12.1 Å². The van der Waals surface area contributed by atoms with E-state index in [-0.39, 0.29) is 5.82 Å². The summed E-state index contributed by atoms with van der Waals surface area (Å²) in [6.07, 6.45) is 0. The van der Waals surface area contributed by atoms with Gasteiger partial charge in [0.15, 0.2) is 5.58 Å². The molecule has 3 rings (SSSR count). The van der Waals surface area contributed by atoms with Crippen LogP contribution < -0.4 is 16.8 Å². The minimum absolute atomic E-state index is 0.312. The van der Waals surface area contributed by atoms with E-state index >= 15 is 0 Å². The molecule has 5 nitrogen and oxygen atoms in total. The van der Waals surface area contributed by atoms with Gasteiger partial charge in [0.1, 0.15) is 5.82 Å². The molecule has 0 unspecified atom stereocenters. The second-order valence-electron chi connectivity index (χ2n) is 4.56. The number of aromatic amines is 1. The summed E-state index contributed by atoms with van der Waals surface area (Å²) in [4.78, 5) is 13.6. The number of hydrogen-bond acceptors (Lipinski definition) is 4. The van der Waals surface area contributed by atoms with Crippen molar-refractivity contribution in [2.45, 2.75) is 6.92 Å². The summed E-state index contributed by atoms with van der Waals surface area (Å²) in [7, 11) is 0. The molecule has 0 saturated heterocycles. The van der Waals surface area contributed by atoms with E-state index in [2.05, 4.69) is 10.3 Å². The van der Waals surface area contributed by atoms with Crippen molar-refractivity contribution in [3.63, 3.8) is 0 Å². The normalized spacial score (nSPS) is 10.9. The number of H-pyrrole nitrogens is 1. The largest absolute Gasteiger partial charge is 0.417 e. The summed E-state index contributed by atoms with van der Waals surface area (Å²) in [5.74, 6) is -0.928. The van der Waals surface area contributed by atoms with Gasteiger partial charge in [-0.25, -0.2) is 9.18 Å². The summed E-state index contributed by atoms with van der Waals surface area (Å²) in [6.45, 7) is 1.81. The van der Waals surface area contributed by atoms with Gasteiger partial charge in [-0.15, -0.1) is 0 Å². The minimum atomic E-state index is -0.557. The van der Waals surface area contributed by atoms with Crippen molar-refractivity contribution in [1.29, 1.82) is 0 Å². The van der Waals surface area contributed by atoms with Crippen LogP contribution in [0, 0.1) is 12.7 Å². The number of halogens is 1. The number of anilines is 3. The monoisotopic (exact) mass is 273 g/mol. The first-order chi connectivity index (χ1) is 9.52. The second kappa shape index (κ2) is 4.41. The van der Waals surface area contributed by atoms with Crippen LogP contribution in [0.25, 0.3) is 11.1 Å². The molecule has 0 spiro atoms. The lowest BCUT2D eigenvalue weighted by Crippen LogP contribution is -1.98. The van der Waals surface area contributed by atoms with Crippen LogP contribution >= 0.6 is 0 Å². The second-order valence-corrected chi connectivity index (χ2v) is 4.56. The highest BCUT2D eigenvalue weighted by Gasteiger charge is 2.09. The number of nitrogen functional groups attached to an aromatic ring is 1. The number of oxazole rings is 1. The molecule has 0 atom stereocenters. The fraction of sp³-hybridized carbons (Fsp3) is 0.0714. The molecule has 0 radical (unpaired) electrons. The highest BCUT2D eigenvalue weighted by Crippen LogP contribution is 2.28. The van der Waals surface area contributed by atoms with Gasteiger partial charge in [-0.3, -0.25) is 4.98 Å². The average Bonchev–Trinajstić information content (AvgIpc) is 2.72. The molecule has 0 saturated carbocycles. The fourth-order valence-corrected chi connectivity index (χ4v) is 1.99. The predicted octanol–water partition coefficient (Wildman–Crippen LogP) is 2.89. The van der Waals surface area contributed by atoms with Gasteiger partial charge in [-0.1, -0.05) is 6.07 Å². The first kappa shape index (κ1) is 12.3. The van der Waals surface area contributed by atoms with E-state index in [0.29, 0.717) is 28.2 Å². The van der Waals surface area contributed by atoms with Gasteiger partial charge in [0.2, 0.25) is 0 Å². The van der Waals surface area contributed by atoms with Crippen LogP contribution in [0.3, 0.4) is 0 Å². The maximum atomic E-state index is 13.8. The quantitative estimate of drug-likeness (QED) is 0.627. The van der Waals surface area contributed by atoms with Gasteiger partial charge in [-0.05, 0) is 30.7 Å². The zero-order chi connectivity index (χ0) is 14.3. The molecule has 0 aliphatic carbocycles. The molecule has 3 aromatic rings. The Bertz CT molecular complexity index is 851. The van der Waals surface area contributed by atoms with Gasteiger partial charge in [0, 0.05) is 6.07 Å². The number of hydrogen-bond donors (Lipinski definition) is 3. The Morgan fingerprint density at radius 3 is 2.80 bits per heavy atom. The van der Waals surface area contributed by atoms with E-state index in [9.17, 15) is 9.18 Å². The molecular formula is C14H12FN3O2. The van der Waals surface area contributed by atoms with Crippen molar-refractivity contribution < 1.29 is 8.81 Å². The Kier molecular flexibility index (Phi) is 2.71. The zero-order valence-electron chi connectivity index (χ0n) is 10.7. The first-order valence-corrected chi connectivity index (χ1v) is 5.98. The molecule has 0 aliphatic rings. The van der Waals surface area contributed by atoms with Crippen molar-refractivity contribution in [2.24, 2.45) is 0 Å². The molecule has 1 heterocycles. The number of benzene rings is 2. The lowest BCUT2D eigenvalue weighted by Gasteiger charge is -2.10. The van der Waals surface area contributed by atoms with Gasteiger partial charge in [0.25, 0.3) is 0 Å². The van der Waals surface area contributed by atoms with E-state index < -0.39 is 5.76 Å². The number of nitrogens with one attached hydrogen (secondary N) is 2. The summed E-state index contributed by atoms with van der Waals surface area (Å²) >= 11 is 0. The minimum Gasteiger partial charge on any atom is -0.408 e. The van der Waals surface area contributed by atoms with E-state index in [4.69, 9.17) is 10.2 Å². The lowest BCUT2D eigenvalue weighted by atomic mass is 10.2. The Morgan fingerprint density at radius 2 is 2.05 bits per heavy atom. The highest BCUT2D eigenvalue weighted by molar-refractivity contribution is 5.87. The highest BCUT2D eigenvalue weighted by atomic mass is 19.1. The number of fused-ring (bicyclic) bond motifs is 1. The maximum Gasteiger partial charge on any atom is 0.417 e. The van der Waals surface area contributed by atoms with Crippen molar-refractivity contribution in [1.82, 2.24) is 4.98 Å². The molecule has 0 bridgehead atoms. The van der Waals surface area contributed by atoms with Crippen LogP contribution in [-0.4, -0.2) is 4.98 Å². The number of nitrogens with two attached hydrogens (primary N) is 1. The van der Waals surface area contributed by atoms with Crippen LogP contribution in [0.2, 0.25) is 0 Å². The van der Waals surface area contributed by atoms with E-state index in [1.807, 2.05) is 6.92 Å². The SMILES string of the molecule is Cc1ccc(Nc2cc3[nH]c(=O)oc3cc2N)c(F)c1. The van der Waals surface area contributed by atoms with Crippen molar-refractivity contribution in [3.05, 3.63) is 52.3 Å². The van der Waals surface area contributed by atoms with Crippen LogP contribution in [0.5, 0.6) is 0 Å². The van der Waals surface area contributed by atoms with Crippen LogP contribution in [0.1, 0.15) is 5.56 Å². The Morgan fingerprint density at radius 1 is 1.25 bits per heavy atom. The third-order valence-electron chi connectivity index (χ3n) is 2.99. The summed E-state index contributed by atoms with van der Waals surface area (Å²) in [5, 5.41) is 2.91. The van der Waals surface area contributed by atoms with Crippen molar-refractivity contribution >= 4 is 28.2 Å². The maximum absolute atomic E-state index is 13.8. The summed E-state index contributed by atoms with van der Waals surface area (Å²) in [5.41, 5.74) is 8.73. The molecule has 0 amide bonds. The van der Waals surface area contributed by atoms with Gasteiger partial charge in [0.05, 0.1) is 22.6 Å². The smallest absolute Gasteiger partial charge is 0.408 e. The van der Waals surface area contributed by atoms with Crippen LogP contribution in [0.15, 0.2) is 39.5 Å². The molecule has 0 aliphatic heterocycles. The topological polar surface area (TPSA) is 84.0 Å². The zero-order valence-corrected chi connectivity index (χ0v) is 10.7. The first-order valence-electron chi connectivity index (χ1n) is 5.98. The third kappa shape index (κ3) is 2.11. The molecule has 0 fully saturated rings. The van der Waals surface area contributed by atoms with Gasteiger partial charge >= 0.3 is 5.76 Å². The molecule has 20 heavy (non-hydrogen) atoms. The van der Waals surface area contributed by atoms with E-state index in [1.54, 1.807) is 18.2 Å². The summed E-state index contributed by atoms with van der Waals surface area (Å²) in [6, 6.07) is 7.97. The molecule has 6 heteroatoms. The molecule has 102 valence electrons. The van der Waals surface area contributed by atoms with Gasteiger partial charge < -0.3 is 15.5 Å². The predicted molar refractivity (Wildman–Crippen MR) is 75.7 cm³/mol. The third-order valence-corrected chi connectivity index (χ3v) is 2.99. The number of rotatable bonds is 2. The van der Waals surface area contributed by atoms with Crippen LogP contribution in [0.4, 0.5) is 21.5 Å². The fourth-order valence-electron chi connectivity index (χ4n) is 1.99. The van der Waals surface area contributed by atoms with Crippen LogP contribution in [-0.2, 0) is 0 Å². The van der Waals surface area contributed by atoms with Gasteiger partial charge in [-0.2, -0.15) is 0 Å². The summed E-state index contributed by atoms with van der Waals surface area (Å²) < 4.78 is 18.7. The molecule has 4 N–H and O–H groups in total. The Hall–Kier alpha value is -2.76. The van der Waals surface area contributed by atoms with E-state index in [0.717, 1.165) is 5.56 Å². The Balaban J connectivity index is 2.05.